The Morgan fingerprint density at radius 2 is 1.16 bits per heavy atom. The van der Waals surface area contributed by atoms with E-state index in [9.17, 15) is 4.79 Å². The quantitative estimate of drug-likeness (QED) is 0.244. The highest BCUT2D eigenvalue weighted by atomic mass is 19.1. The summed E-state index contributed by atoms with van der Waals surface area (Å²) in [5.74, 6) is -0.149. The van der Waals surface area contributed by atoms with Crippen LogP contribution in [0.4, 0.5) is 9.18 Å². The lowest BCUT2D eigenvalue weighted by atomic mass is 9.88. The van der Waals surface area contributed by atoms with Crippen molar-refractivity contribution < 1.29 is 32.9 Å². The molecule has 43 heavy (non-hydrogen) atoms. The summed E-state index contributed by atoms with van der Waals surface area (Å²) >= 11 is 0. The van der Waals surface area contributed by atoms with Crippen LogP contribution in [0, 0.1) is 5.92 Å². The summed E-state index contributed by atoms with van der Waals surface area (Å²) in [4.78, 5) is 12.9. The average Bonchev–Trinajstić information content (AvgIpc) is 2.98. The van der Waals surface area contributed by atoms with Gasteiger partial charge >= 0.3 is 6.09 Å². The molecule has 1 aliphatic rings. The van der Waals surface area contributed by atoms with E-state index in [1.54, 1.807) is 20.8 Å². The lowest BCUT2D eigenvalue weighted by Gasteiger charge is -2.47. The third-order valence-corrected chi connectivity index (χ3v) is 7.13. The van der Waals surface area contributed by atoms with Gasteiger partial charge in [-0.3, -0.25) is 0 Å². The molecular formula is C35H44FNO6. The molecule has 0 radical (unpaired) electrons. The van der Waals surface area contributed by atoms with E-state index < -0.39 is 48.5 Å². The van der Waals surface area contributed by atoms with Crippen LogP contribution in [-0.2, 0) is 43.5 Å². The van der Waals surface area contributed by atoms with Crippen molar-refractivity contribution in [2.24, 2.45) is 5.92 Å². The van der Waals surface area contributed by atoms with Crippen molar-refractivity contribution >= 4 is 6.09 Å². The summed E-state index contributed by atoms with van der Waals surface area (Å²) in [6.07, 6.45) is -6.09. The molecule has 7 nitrogen and oxygen atoms in total. The van der Waals surface area contributed by atoms with Gasteiger partial charge in [0.05, 0.1) is 25.9 Å². The van der Waals surface area contributed by atoms with Crippen LogP contribution in [0.15, 0.2) is 91.0 Å². The fourth-order valence-electron chi connectivity index (χ4n) is 5.04. The predicted octanol–water partition coefficient (Wildman–Crippen LogP) is 6.99. The summed E-state index contributed by atoms with van der Waals surface area (Å²) in [7, 11) is 0. The maximum absolute atomic E-state index is 16.1. The van der Waals surface area contributed by atoms with Gasteiger partial charge < -0.3 is 29.0 Å². The monoisotopic (exact) mass is 593 g/mol. The Labute approximate surface area is 254 Å². The van der Waals surface area contributed by atoms with Gasteiger partial charge in [-0.15, -0.1) is 0 Å². The van der Waals surface area contributed by atoms with Crippen LogP contribution in [0.5, 0.6) is 0 Å². The highest BCUT2D eigenvalue weighted by molar-refractivity contribution is 5.68. The Morgan fingerprint density at radius 3 is 1.58 bits per heavy atom. The highest BCUT2D eigenvalue weighted by Gasteiger charge is 2.52. The number of hydrogen-bond donors (Lipinski definition) is 1. The molecule has 0 bridgehead atoms. The van der Waals surface area contributed by atoms with Gasteiger partial charge in [0.25, 0.3) is 0 Å². The van der Waals surface area contributed by atoms with Crippen molar-refractivity contribution in [1.82, 2.24) is 5.32 Å². The molecule has 4 rings (SSSR count). The minimum Gasteiger partial charge on any atom is -0.444 e. The molecule has 0 saturated carbocycles. The van der Waals surface area contributed by atoms with E-state index in [1.165, 1.54) is 0 Å². The molecule has 0 aliphatic carbocycles. The van der Waals surface area contributed by atoms with Gasteiger partial charge in [-0.2, -0.15) is 0 Å². The molecule has 1 aliphatic heterocycles. The number of rotatable bonds is 12. The number of hydrogen-bond acceptors (Lipinski definition) is 6. The van der Waals surface area contributed by atoms with E-state index in [0.717, 1.165) is 16.7 Å². The molecule has 1 N–H and O–H groups in total. The minimum atomic E-state index is -1.84. The summed E-state index contributed by atoms with van der Waals surface area (Å²) in [6.45, 7) is 9.86. The summed E-state index contributed by atoms with van der Waals surface area (Å²) in [6, 6.07) is 28.3. The molecule has 232 valence electrons. The molecule has 1 heterocycles. The zero-order valence-electron chi connectivity index (χ0n) is 25.7. The number of ether oxygens (including phenoxy) is 5. The molecule has 6 atom stereocenters. The summed E-state index contributed by atoms with van der Waals surface area (Å²) in [5, 5.41) is 2.93. The standard InChI is InChI=1S/C35H44FNO6/c1-24(2)28(37-34(38)43-35(3,4)5)29-30(39-21-25-15-9-6-10-16-25)31(40-22-26-17-11-7-12-18-26)32(33(36)42-29)41-23-27-19-13-8-14-20-27/h6-20,24,28-33H,21-23H2,1-5H3,(H,37,38). The first-order valence-electron chi connectivity index (χ1n) is 14.9. The first-order valence-corrected chi connectivity index (χ1v) is 14.9. The second-order valence-electron chi connectivity index (χ2n) is 12.2. The van der Waals surface area contributed by atoms with Crippen LogP contribution in [0.2, 0.25) is 0 Å². The number of alkyl halides is 1. The van der Waals surface area contributed by atoms with Crippen molar-refractivity contribution in [1.29, 1.82) is 0 Å². The summed E-state index contributed by atoms with van der Waals surface area (Å²) < 4.78 is 46.9. The van der Waals surface area contributed by atoms with Gasteiger partial charge in [0, 0.05) is 0 Å². The smallest absolute Gasteiger partial charge is 0.407 e. The molecule has 0 aromatic heterocycles. The van der Waals surface area contributed by atoms with Crippen LogP contribution in [0.1, 0.15) is 51.3 Å². The average molecular weight is 594 g/mol. The van der Waals surface area contributed by atoms with E-state index in [0.29, 0.717) is 0 Å². The van der Waals surface area contributed by atoms with Gasteiger partial charge in [-0.1, -0.05) is 105 Å². The Hall–Kier alpha value is -3.30. The van der Waals surface area contributed by atoms with Gasteiger partial charge in [0.2, 0.25) is 6.36 Å². The number of nitrogens with one attached hydrogen (secondary N) is 1. The first-order chi connectivity index (χ1) is 20.6. The third kappa shape index (κ3) is 9.86. The van der Waals surface area contributed by atoms with E-state index >= 15 is 4.39 Å². The first kappa shape index (κ1) is 32.6. The summed E-state index contributed by atoms with van der Waals surface area (Å²) in [5.41, 5.74) is 2.06. The van der Waals surface area contributed by atoms with Crippen LogP contribution >= 0.6 is 0 Å². The highest BCUT2D eigenvalue weighted by Crippen LogP contribution is 2.34. The zero-order chi connectivity index (χ0) is 30.8. The number of benzene rings is 3. The van der Waals surface area contributed by atoms with Crippen LogP contribution in [0.3, 0.4) is 0 Å². The van der Waals surface area contributed by atoms with E-state index in [1.807, 2.05) is 105 Å². The number of carbonyl (C=O) groups is 1. The van der Waals surface area contributed by atoms with Crippen molar-refractivity contribution in [3.8, 4) is 0 Å². The van der Waals surface area contributed by atoms with E-state index in [-0.39, 0.29) is 25.7 Å². The van der Waals surface area contributed by atoms with Gasteiger partial charge in [0.1, 0.15) is 30.0 Å². The van der Waals surface area contributed by atoms with Crippen molar-refractivity contribution in [3.63, 3.8) is 0 Å². The molecule has 8 heteroatoms. The van der Waals surface area contributed by atoms with Crippen LogP contribution < -0.4 is 5.32 Å². The van der Waals surface area contributed by atoms with Crippen LogP contribution in [-0.4, -0.2) is 48.5 Å². The van der Waals surface area contributed by atoms with Gasteiger partial charge in [-0.25, -0.2) is 9.18 Å². The number of halogens is 1. The van der Waals surface area contributed by atoms with Gasteiger partial charge in [-0.05, 0) is 43.4 Å². The molecule has 1 fully saturated rings. The number of amides is 1. The topological polar surface area (TPSA) is 75.3 Å². The Kier molecular flexibility index (Phi) is 11.7. The Balaban J connectivity index is 1.66. The van der Waals surface area contributed by atoms with Crippen molar-refractivity contribution in [2.45, 2.75) is 96.9 Å². The molecule has 3 aromatic carbocycles. The Morgan fingerprint density at radius 1 is 0.744 bits per heavy atom. The lowest BCUT2D eigenvalue weighted by molar-refractivity contribution is -0.298. The molecule has 3 aromatic rings. The van der Waals surface area contributed by atoms with E-state index in [4.69, 9.17) is 23.7 Å². The molecule has 0 spiro atoms. The van der Waals surface area contributed by atoms with Crippen molar-refractivity contribution in [3.05, 3.63) is 108 Å². The maximum Gasteiger partial charge on any atom is 0.407 e. The minimum absolute atomic E-state index is 0.149. The number of carbonyl (C=O) groups excluding carboxylic acids is 1. The molecule has 1 amide bonds. The number of alkyl carbamates (subject to hydrolysis) is 1. The van der Waals surface area contributed by atoms with Gasteiger partial charge in [0.15, 0.2) is 0 Å². The molecule has 1 saturated heterocycles. The third-order valence-electron chi connectivity index (χ3n) is 7.13. The lowest BCUT2D eigenvalue weighted by Crippen LogP contribution is -2.65. The fourth-order valence-corrected chi connectivity index (χ4v) is 5.04. The van der Waals surface area contributed by atoms with Crippen molar-refractivity contribution in [2.75, 3.05) is 0 Å². The van der Waals surface area contributed by atoms with Crippen LogP contribution in [0.25, 0.3) is 0 Å². The Bertz CT molecular complexity index is 1240. The van der Waals surface area contributed by atoms with E-state index in [2.05, 4.69) is 5.32 Å². The maximum atomic E-state index is 16.1. The predicted molar refractivity (Wildman–Crippen MR) is 163 cm³/mol. The largest absolute Gasteiger partial charge is 0.444 e. The zero-order valence-corrected chi connectivity index (χ0v) is 25.7. The fraction of sp³-hybridized carbons (Fsp3) is 0.457. The normalized spacial score (nSPS) is 23.1. The second kappa shape index (κ2) is 15.4. The second-order valence-corrected chi connectivity index (χ2v) is 12.2. The molecule has 6 unspecified atom stereocenters. The SMILES string of the molecule is CC(C)C(NC(=O)OC(C)(C)C)C1OC(F)C(OCc2ccccc2)C(OCc2ccccc2)C1OCc1ccccc1. The molecular weight excluding hydrogens is 549 g/mol.